The van der Waals surface area contributed by atoms with Gasteiger partial charge >= 0.3 is 0 Å². The Morgan fingerprint density at radius 2 is 2.16 bits per heavy atom. The van der Waals surface area contributed by atoms with Crippen LogP contribution in [0, 0.1) is 0 Å². The topological polar surface area (TPSA) is 128 Å². The smallest absolute Gasteiger partial charge is 0.252 e. The standard InChI is InChI=1S/C28H32N6O3/c1-4-5-7-19(18(2)3)17-34-24-9-6-8-20(24)26(33-34)23-10-11-25(37-15-14-35)28(32-23)31-22-12-13-30-16-21(22)27(29)36/h4-5,7,10-13,16,35H,2,6,8-9,14-15,17H2,1,3H3,(H2,29,36)(H,30,31,32)/b5-4-,19-7-. The Morgan fingerprint density at radius 1 is 1.32 bits per heavy atom. The molecule has 1 aliphatic carbocycles. The van der Waals surface area contributed by atoms with Gasteiger partial charge in [-0.3, -0.25) is 14.5 Å². The molecule has 4 rings (SSSR count). The van der Waals surface area contributed by atoms with Crippen LogP contribution in [-0.4, -0.2) is 44.0 Å². The first-order chi connectivity index (χ1) is 17.9. The summed E-state index contributed by atoms with van der Waals surface area (Å²) >= 11 is 0. The molecule has 0 unspecified atom stereocenters. The minimum absolute atomic E-state index is 0.0982. The van der Waals surface area contributed by atoms with Crippen molar-refractivity contribution in [3.8, 4) is 17.1 Å². The average Bonchev–Trinajstić information content (AvgIpc) is 3.49. The van der Waals surface area contributed by atoms with Gasteiger partial charge in [0.05, 0.1) is 30.1 Å². The number of pyridine rings is 2. The van der Waals surface area contributed by atoms with E-state index in [0.717, 1.165) is 36.1 Å². The number of allylic oxidation sites excluding steroid dienone is 5. The molecule has 0 spiro atoms. The SMILES string of the molecule is C=C(C)/C(=C\C=C/C)Cn1nc(-c2ccc(OCCO)c(Nc3ccncc3C(N)=O)n2)c2c1CCC2. The summed E-state index contributed by atoms with van der Waals surface area (Å²) in [5.41, 5.74) is 12.2. The van der Waals surface area contributed by atoms with Gasteiger partial charge in [0.1, 0.15) is 12.3 Å². The maximum atomic E-state index is 11.9. The number of anilines is 2. The van der Waals surface area contributed by atoms with E-state index in [4.69, 9.17) is 20.6 Å². The maximum Gasteiger partial charge on any atom is 0.252 e. The van der Waals surface area contributed by atoms with E-state index < -0.39 is 5.91 Å². The number of hydrogen-bond acceptors (Lipinski definition) is 7. The molecule has 9 nitrogen and oxygen atoms in total. The summed E-state index contributed by atoms with van der Waals surface area (Å²) in [6.07, 6.45) is 12.0. The van der Waals surface area contributed by atoms with E-state index in [1.807, 2.05) is 32.1 Å². The molecule has 0 aromatic carbocycles. The van der Waals surface area contributed by atoms with E-state index in [1.165, 1.54) is 17.5 Å². The first-order valence-electron chi connectivity index (χ1n) is 12.2. The van der Waals surface area contributed by atoms with Gasteiger partial charge in [0.25, 0.3) is 5.91 Å². The van der Waals surface area contributed by atoms with Gasteiger partial charge in [-0.05, 0) is 56.9 Å². The number of carbonyl (C=O) groups is 1. The van der Waals surface area contributed by atoms with Crippen molar-refractivity contribution in [2.24, 2.45) is 5.73 Å². The molecule has 192 valence electrons. The maximum absolute atomic E-state index is 11.9. The van der Waals surface area contributed by atoms with Gasteiger partial charge in [-0.2, -0.15) is 5.10 Å². The molecule has 1 amide bonds. The fourth-order valence-corrected chi connectivity index (χ4v) is 4.32. The average molecular weight is 501 g/mol. The minimum atomic E-state index is -0.611. The Bertz CT molecular complexity index is 1370. The zero-order valence-corrected chi connectivity index (χ0v) is 21.2. The molecule has 3 heterocycles. The van der Waals surface area contributed by atoms with Gasteiger partial charge in [-0.1, -0.05) is 30.4 Å². The lowest BCUT2D eigenvalue weighted by Gasteiger charge is -2.14. The van der Waals surface area contributed by atoms with Crippen LogP contribution in [0.4, 0.5) is 11.5 Å². The van der Waals surface area contributed by atoms with Crippen molar-refractivity contribution in [2.75, 3.05) is 18.5 Å². The van der Waals surface area contributed by atoms with Gasteiger partial charge in [0.15, 0.2) is 11.6 Å². The van der Waals surface area contributed by atoms with Crippen LogP contribution < -0.4 is 15.8 Å². The third-order valence-corrected chi connectivity index (χ3v) is 6.15. The van der Waals surface area contributed by atoms with E-state index in [9.17, 15) is 9.90 Å². The zero-order valence-electron chi connectivity index (χ0n) is 21.2. The van der Waals surface area contributed by atoms with Crippen LogP contribution >= 0.6 is 0 Å². The lowest BCUT2D eigenvalue weighted by Crippen LogP contribution is -2.14. The third kappa shape index (κ3) is 5.78. The largest absolute Gasteiger partial charge is 0.487 e. The number of nitrogens with zero attached hydrogens (tertiary/aromatic N) is 4. The predicted octanol–water partition coefficient (Wildman–Crippen LogP) is 4.12. The number of nitrogens with one attached hydrogen (secondary N) is 1. The number of hydrogen-bond donors (Lipinski definition) is 3. The molecular weight excluding hydrogens is 468 g/mol. The summed E-state index contributed by atoms with van der Waals surface area (Å²) in [6, 6.07) is 5.30. The predicted molar refractivity (Wildman–Crippen MR) is 144 cm³/mol. The van der Waals surface area contributed by atoms with Crippen LogP contribution in [-0.2, 0) is 19.4 Å². The second-order valence-electron chi connectivity index (χ2n) is 8.81. The van der Waals surface area contributed by atoms with E-state index in [2.05, 4.69) is 27.6 Å². The highest BCUT2D eigenvalue weighted by Crippen LogP contribution is 2.35. The molecule has 0 saturated carbocycles. The lowest BCUT2D eigenvalue weighted by atomic mass is 10.1. The van der Waals surface area contributed by atoms with Crippen molar-refractivity contribution >= 4 is 17.4 Å². The fraction of sp³-hybridized carbons (Fsp3) is 0.286. The summed E-state index contributed by atoms with van der Waals surface area (Å²) < 4.78 is 7.76. The van der Waals surface area contributed by atoms with Gasteiger partial charge in [0.2, 0.25) is 0 Å². The zero-order chi connectivity index (χ0) is 26.4. The lowest BCUT2D eigenvalue weighted by molar-refractivity contribution is 0.100. The van der Waals surface area contributed by atoms with Crippen LogP contribution in [0.25, 0.3) is 11.4 Å². The number of nitrogens with two attached hydrogens (primary N) is 1. The summed E-state index contributed by atoms with van der Waals surface area (Å²) in [6.45, 7) is 8.71. The molecule has 0 aliphatic heterocycles. The minimum Gasteiger partial charge on any atom is -0.487 e. The van der Waals surface area contributed by atoms with Crippen molar-refractivity contribution in [1.82, 2.24) is 19.7 Å². The highest BCUT2D eigenvalue weighted by atomic mass is 16.5. The number of aliphatic hydroxyl groups excluding tert-OH is 1. The highest BCUT2D eigenvalue weighted by Gasteiger charge is 2.25. The summed E-state index contributed by atoms with van der Waals surface area (Å²) in [7, 11) is 0. The Balaban J connectivity index is 1.75. The van der Waals surface area contributed by atoms with Crippen LogP contribution in [0.2, 0.25) is 0 Å². The number of amides is 1. The number of carbonyl (C=O) groups excluding carboxylic acids is 1. The normalized spacial score (nSPS) is 13.1. The van der Waals surface area contributed by atoms with E-state index in [1.54, 1.807) is 18.3 Å². The molecule has 4 N–H and O–H groups in total. The van der Waals surface area contributed by atoms with Crippen LogP contribution in [0.5, 0.6) is 5.75 Å². The van der Waals surface area contributed by atoms with Crippen molar-refractivity contribution in [1.29, 1.82) is 0 Å². The molecule has 0 saturated heterocycles. The third-order valence-electron chi connectivity index (χ3n) is 6.15. The number of rotatable bonds is 11. The number of primary amides is 1. The van der Waals surface area contributed by atoms with E-state index in [0.29, 0.717) is 29.5 Å². The van der Waals surface area contributed by atoms with Crippen molar-refractivity contribution in [3.63, 3.8) is 0 Å². The molecule has 0 radical (unpaired) electrons. The second kappa shape index (κ2) is 11.7. The number of aromatic nitrogens is 4. The molecule has 0 bridgehead atoms. The van der Waals surface area contributed by atoms with Crippen molar-refractivity contribution in [2.45, 2.75) is 39.7 Å². The Kier molecular flexibility index (Phi) is 8.15. The first kappa shape index (κ1) is 25.8. The summed E-state index contributed by atoms with van der Waals surface area (Å²) in [5.74, 6) is 0.206. The van der Waals surface area contributed by atoms with Gasteiger partial charge < -0.3 is 20.9 Å². The molecule has 0 atom stereocenters. The second-order valence-corrected chi connectivity index (χ2v) is 8.81. The monoisotopic (exact) mass is 500 g/mol. The van der Waals surface area contributed by atoms with Gasteiger partial charge in [0, 0.05) is 23.7 Å². The summed E-state index contributed by atoms with van der Waals surface area (Å²) in [5, 5.41) is 17.4. The van der Waals surface area contributed by atoms with Gasteiger partial charge in [-0.15, -0.1) is 0 Å². The Morgan fingerprint density at radius 3 is 2.89 bits per heavy atom. The van der Waals surface area contributed by atoms with Gasteiger partial charge in [-0.25, -0.2) is 4.98 Å². The number of aliphatic hydroxyl groups is 1. The van der Waals surface area contributed by atoms with E-state index in [-0.39, 0.29) is 18.8 Å². The Labute approximate surface area is 216 Å². The molecule has 3 aromatic heterocycles. The van der Waals surface area contributed by atoms with Crippen LogP contribution in [0.1, 0.15) is 41.9 Å². The Hall–Kier alpha value is -4.24. The number of ether oxygens (including phenoxy) is 1. The molecule has 1 aliphatic rings. The van der Waals surface area contributed by atoms with Crippen LogP contribution in [0.3, 0.4) is 0 Å². The first-order valence-corrected chi connectivity index (χ1v) is 12.2. The van der Waals surface area contributed by atoms with E-state index >= 15 is 0 Å². The highest BCUT2D eigenvalue weighted by molar-refractivity contribution is 5.98. The number of fused-ring (bicyclic) bond motifs is 1. The molecule has 9 heteroatoms. The molecular formula is C28H32N6O3. The van der Waals surface area contributed by atoms with Crippen LogP contribution in [0.15, 0.2) is 66.5 Å². The molecule has 3 aromatic rings. The quantitative estimate of drug-likeness (QED) is 0.338. The molecule has 0 fully saturated rings. The summed E-state index contributed by atoms with van der Waals surface area (Å²) in [4.78, 5) is 20.7. The van der Waals surface area contributed by atoms with Crippen molar-refractivity contribution in [3.05, 3.63) is 83.4 Å². The molecule has 37 heavy (non-hydrogen) atoms. The van der Waals surface area contributed by atoms with Crippen molar-refractivity contribution < 1.29 is 14.6 Å². The fourth-order valence-electron chi connectivity index (χ4n) is 4.32.